The molecular formula is C26H20Br2N2O6. The summed E-state index contributed by atoms with van der Waals surface area (Å²) >= 11 is 6.58. The maximum Gasteiger partial charge on any atom is 0.259 e. The maximum absolute atomic E-state index is 11.9. The average Bonchev–Trinajstić information content (AvgIpc) is 2.85. The molecule has 0 fully saturated rings. The van der Waals surface area contributed by atoms with Crippen molar-refractivity contribution in [2.75, 3.05) is 10.6 Å². The number of carbonyl (C=O) groups is 2. The minimum absolute atomic E-state index is 0.0259. The van der Waals surface area contributed by atoms with Gasteiger partial charge in [-0.3, -0.25) is 9.59 Å². The molecule has 0 saturated heterocycles. The molecule has 0 spiro atoms. The van der Waals surface area contributed by atoms with Crippen molar-refractivity contribution in [2.24, 2.45) is 0 Å². The third kappa shape index (κ3) is 7.49. The first-order valence-corrected chi connectivity index (χ1v) is 11.9. The van der Waals surface area contributed by atoms with E-state index in [1.54, 1.807) is 48.5 Å². The lowest BCUT2D eigenvalue weighted by atomic mass is 10.1. The largest absolute Gasteiger partial charge is 0.508 e. The molecule has 0 aliphatic heterocycles. The molecule has 184 valence electrons. The highest BCUT2D eigenvalue weighted by atomic mass is 79.9. The maximum atomic E-state index is 11.9. The number of phenols is 4. The minimum atomic E-state index is -0.481. The van der Waals surface area contributed by atoms with Crippen LogP contribution in [0.25, 0.3) is 0 Å². The molecule has 0 atom stereocenters. The number of carbonyl (C=O) groups excluding carboxylic acids is 2. The van der Waals surface area contributed by atoms with Crippen molar-refractivity contribution in [3.63, 3.8) is 0 Å². The van der Waals surface area contributed by atoms with Crippen LogP contribution in [0.1, 0.15) is 20.7 Å². The molecule has 10 heteroatoms. The zero-order chi connectivity index (χ0) is 26.2. The van der Waals surface area contributed by atoms with Gasteiger partial charge in [-0.1, -0.05) is 31.9 Å². The first kappa shape index (κ1) is 26.6. The Bertz CT molecular complexity index is 1270. The second-order valence-corrected chi connectivity index (χ2v) is 9.16. The van der Waals surface area contributed by atoms with Crippen molar-refractivity contribution in [3.05, 3.63) is 105 Å². The van der Waals surface area contributed by atoms with Gasteiger partial charge in [-0.05, 0) is 84.9 Å². The second-order valence-electron chi connectivity index (χ2n) is 7.32. The van der Waals surface area contributed by atoms with E-state index < -0.39 is 11.8 Å². The summed E-state index contributed by atoms with van der Waals surface area (Å²) in [6, 6.07) is 21.6. The summed E-state index contributed by atoms with van der Waals surface area (Å²) in [5.74, 6) is -1.47. The highest BCUT2D eigenvalue weighted by Crippen LogP contribution is 2.25. The summed E-state index contributed by atoms with van der Waals surface area (Å²) in [6.07, 6.45) is 0. The summed E-state index contributed by atoms with van der Waals surface area (Å²) in [4.78, 5) is 23.8. The lowest BCUT2D eigenvalue weighted by molar-refractivity contribution is 0.101. The average molecular weight is 616 g/mol. The summed E-state index contributed by atoms with van der Waals surface area (Å²) in [5.41, 5.74) is 1.26. The van der Waals surface area contributed by atoms with E-state index in [1.165, 1.54) is 36.4 Å². The van der Waals surface area contributed by atoms with Gasteiger partial charge in [0.05, 0.1) is 11.1 Å². The molecule has 0 radical (unpaired) electrons. The third-order valence-corrected chi connectivity index (χ3v) is 5.71. The minimum Gasteiger partial charge on any atom is -0.508 e. The van der Waals surface area contributed by atoms with Gasteiger partial charge in [-0.15, -0.1) is 0 Å². The van der Waals surface area contributed by atoms with Crippen LogP contribution < -0.4 is 10.6 Å². The molecule has 6 N–H and O–H groups in total. The van der Waals surface area contributed by atoms with Crippen LogP contribution >= 0.6 is 31.9 Å². The van der Waals surface area contributed by atoms with E-state index in [-0.39, 0.29) is 34.1 Å². The van der Waals surface area contributed by atoms with E-state index in [2.05, 4.69) is 42.5 Å². The topological polar surface area (TPSA) is 139 Å². The number of phenolic OH excluding ortho intramolecular Hbond substituents is 4. The summed E-state index contributed by atoms with van der Waals surface area (Å²) < 4.78 is 1.81. The van der Waals surface area contributed by atoms with Crippen LogP contribution in [0.3, 0.4) is 0 Å². The van der Waals surface area contributed by atoms with E-state index in [0.29, 0.717) is 11.4 Å². The lowest BCUT2D eigenvalue weighted by Crippen LogP contribution is -2.11. The Kier molecular flexibility index (Phi) is 8.93. The number of aromatic hydroxyl groups is 4. The van der Waals surface area contributed by atoms with Crippen LogP contribution in [-0.2, 0) is 0 Å². The summed E-state index contributed by atoms with van der Waals surface area (Å²) in [7, 11) is 0. The van der Waals surface area contributed by atoms with Gasteiger partial charge in [0, 0.05) is 20.3 Å². The molecule has 36 heavy (non-hydrogen) atoms. The quantitative estimate of drug-likeness (QED) is 0.151. The number of anilines is 2. The molecule has 0 bridgehead atoms. The smallest absolute Gasteiger partial charge is 0.259 e. The second kappa shape index (κ2) is 12.1. The van der Waals surface area contributed by atoms with Crippen molar-refractivity contribution in [2.45, 2.75) is 0 Å². The number of amides is 2. The number of halogens is 2. The van der Waals surface area contributed by atoms with Crippen molar-refractivity contribution < 1.29 is 30.0 Å². The molecule has 0 aromatic heterocycles. The molecule has 4 aromatic rings. The van der Waals surface area contributed by atoms with Crippen molar-refractivity contribution in [1.82, 2.24) is 0 Å². The summed E-state index contributed by atoms with van der Waals surface area (Å²) in [6.45, 7) is 0. The lowest BCUT2D eigenvalue weighted by Gasteiger charge is -2.07. The van der Waals surface area contributed by atoms with Gasteiger partial charge in [-0.25, -0.2) is 0 Å². The van der Waals surface area contributed by atoms with Gasteiger partial charge in [0.25, 0.3) is 11.8 Å². The highest BCUT2D eigenvalue weighted by Gasteiger charge is 2.13. The zero-order valence-electron chi connectivity index (χ0n) is 18.4. The Labute approximate surface area is 223 Å². The van der Waals surface area contributed by atoms with Crippen LogP contribution in [0.5, 0.6) is 23.0 Å². The van der Waals surface area contributed by atoms with Gasteiger partial charge in [0.1, 0.15) is 23.0 Å². The van der Waals surface area contributed by atoms with E-state index >= 15 is 0 Å². The fraction of sp³-hybridized carbons (Fsp3) is 0. The van der Waals surface area contributed by atoms with Crippen LogP contribution in [0.2, 0.25) is 0 Å². The predicted molar refractivity (Wildman–Crippen MR) is 144 cm³/mol. The number of hydrogen-bond acceptors (Lipinski definition) is 6. The van der Waals surface area contributed by atoms with Crippen molar-refractivity contribution in [3.8, 4) is 23.0 Å². The van der Waals surface area contributed by atoms with Crippen molar-refractivity contribution in [1.29, 1.82) is 0 Å². The molecule has 0 saturated carbocycles. The van der Waals surface area contributed by atoms with Crippen LogP contribution in [-0.4, -0.2) is 32.2 Å². The number of nitrogens with one attached hydrogen (secondary N) is 2. The van der Waals surface area contributed by atoms with Crippen LogP contribution in [0, 0.1) is 0 Å². The zero-order valence-corrected chi connectivity index (χ0v) is 21.6. The predicted octanol–water partition coefficient (Wildman–Crippen LogP) is 6.23. The first-order valence-electron chi connectivity index (χ1n) is 10.3. The SMILES string of the molecule is O=C(Nc1ccc(Br)cc1)c1cc(O)ccc1O.O=C(Nc1ccc(Br)cc1)c1cc(O)ccc1O. The van der Waals surface area contributed by atoms with Crippen molar-refractivity contribution >= 4 is 55.0 Å². The number of benzene rings is 4. The Hall–Kier alpha value is -4.02. The fourth-order valence-electron chi connectivity index (χ4n) is 2.88. The molecule has 4 rings (SSSR count). The van der Waals surface area contributed by atoms with E-state index in [0.717, 1.165) is 8.95 Å². The van der Waals surface area contributed by atoms with Crippen LogP contribution in [0.4, 0.5) is 11.4 Å². The van der Waals surface area contributed by atoms with Gasteiger partial charge >= 0.3 is 0 Å². The molecule has 0 heterocycles. The monoisotopic (exact) mass is 614 g/mol. The molecule has 0 aliphatic carbocycles. The van der Waals surface area contributed by atoms with E-state index in [4.69, 9.17) is 0 Å². The number of rotatable bonds is 4. The third-order valence-electron chi connectivity index (χ3n) is 4.65. The van der Waals surface area contributed by atoms with Gasteiger partial charge < -0.3 is 31.1 Å². The normalized spacial score (nSPS) is 10.1. The standard InChI is InChI=1S/2C13H10BrNO3/c2*14-8-1-3-9(4-2-8)15-13(18)11-7-10(16)5-6-12(11)17/h2*1-7,16-17H,(H,15,18). The number of hydrogen-bond donors (Lipinski definition) is 6. The molecular weight excluding hydrogens is 596 g/mol. The Morgan fingerprint density at radius 3 is 1.19 bits per heavy atom. The Balaban J connectivity index is 0.000000201. The molecule has 0 aliphatic rings. The van der Waals surface area contributed by atoms with E-state index in [9.17, 15) is 30.0 Å². The van der Waals surface area contributed by atoms with Gasteiger partial charge in [0.2, 0.25) is 0 Å². The highest BCUT2D eigenvalue weighted by molar-refractivity contribution is 9.10. The first-order chi connectivity index (χ1) is 17.1. The molecule has 4 aromatic carbocycles. The molecule has 0 unspecified atom stereocenters. The molecule has 2 amide bonds. The summed E-state index contributed by atoms with van der Waals surface area (Å²) in [5, 5.41) is 42.9. The Morgan fingerprint density at radius 2 is 0.861 bits per heavy atom. The van der Waals surface area contributed by atoms with E-state index in [1.807, 2.05) is 0 Å². The van der Waals surface area contributed by atoms with Gasteiger partial charge in [0.15, 0.2) is 0 Å². The fourth-order valence-corrected chi connectivity index (χ4v) is 3.40. The van der Waals surface area contributed by atoms with Gasteiger partial charge in [-0.2, -0.15) is 0 Å². The van der Waals surface area contributed by atoms with Crippen LogP contribution in [0.15, 0.2) is 93.9 Å². The molecule has 8 nitrogen and oxygen atoms in total. The Morgan fingerprint density at radius 1 is 0.528 bits per heavy atom.